The molecular weight excluding hydrogens is 342 g/mol. The summed E-state index contributed by atoms with van der Waals surface area (Å²) in [5, 5.41) is 14.1. The number of amides is 1. The molecule has 1 amide bonds. The van der Waals surface area contributed by atoms with Crippen molar-refractivity contribution >= 4 is 18.3 Å². The van der Waals surface area contributed by atoms with Crippen molar-refractivity contribution in [1.29, 1.82) is 0 Å². The lowest BCUT2D eigenvalue weighted by Crippen LogP contribution is -2.41. The van der Waals surface area contributed by atoms with Crippen molar-refractivity contribution in [2.45, 2.75) is 6.10 Å². The standard InChI is InChI=1S/C17H21N3O6/c21-16(22)12-25-14-3-1-13(2-4-14)9-18-20-11-15(26-17(20)23)10-19-5-7-24-8-6-19/h1-4,9,15H,5-8,10-12H2,(H,21,22)/b18-9+. The quantitative estimate of drug-likeness (QED) is 0.709. The lowest BCUT2D eigenvalue weighted by molar-refractivity contribution is -0.139. The van der Waals surface area contributed by atoms with Crippen LogP contribution in [0.4, 0.5) is 4.79 Å². The molecule has 0 saturated carbocycles. The average Bonchev–Trinajstić information content (AvgIpc) is 2.99. The first-order chi connectivity index (χ1) is 12.6. The van der Waals surface area contributed by atoms with Gasteiger partial charge in [-0.2, -0.15) is 10.1 Å². The molecule has 0 radical (unpaired) electrons. The van der Waals surface area contributed by atoms with Gasteiger partial charge >= 0.3 is 12.1 Å². The maximum Gasteiger partial charge on any atom is 0.430 e. The first-order valence-electron chi connectivity index (χ1n) is 8.37. The van der Waals surface area contributed by atoms with Gasteiger partial charge in [-0.15, -0.1) is 0 Å². The molecule has 0 aliphatic carbocycles. The molecule has 0 spiro atoms. The van der Waals surface area contributed by atoms with Gasteiger partial charge in [0.25, 0.3) is 0 Å². The molecule has 1 aromatic rings. The third-order valence-corrected chi connectivity index (χ3v) is 4.01. The van der Waals surface area contributed by atoms with Crippen LogP contribution in [0.3, 0.4) is 0 Å². The first kappa shape index (κ1) is 18.2. The fourth-order valence-electron chi connectivity index (χ4n) is 2.70. The Balaban J connectivity index is 1.49. The molecule has 9 heteroatoms. The number of hydrogen-bond acceptors (Lipinski definition) is 7. The molecule has 1 unspecified atom stereocenters. The topological polar surface area (TPSA) is 101 Å². The van der Waals surface area contributed by atoms with E-state index in [9.17, 15) is 9.59 Å². The van der Waals surface area contributed by atoms with Crippen molar-refractivity contribution in [1.82, 2.24) is 9.91 Å². The van der Waals surface area contributed by atoms with Crippen LogP contribution in [-0.2, 0) is 14.3 Å². The van der Waals surface area contributed by atoms with E-state index in [0.717, 1.165) is 18.7 Å². The zero-order chi connectivity index (χ0) is 18.4. The number of ether oxygens (including phenoxy) is 3. The van der Waals surface area contributed by atoms with Crippen LogP contribution in [0.5, 0.6) is 5.75 Å². The monoisotopic (exact) mass is 363 g/mol. The van der Waals surface area contributed by atoms with Gasteiger partial charge in [0.1, 0.15) is 11.9 Å². The summed E-state index contributed by atoms with van der Waals surface area (Å²) in [5.41, 5.74) is 0.761. The predicted molar refractivity (Wildman–Crippen MR) is 91.4 cm³/mol. The molecule has 0 bridgehead atoms. The third-order valence-electron chi connectivity index (χ3n) is 4.01. The van der Waals surface area contributed by atoms with Crippen LogP contribution in [-0.4, -0.2) is 85.4 Å². The van der Waals surface area contributed by atoms with Crippen LogP contribution in [0.2, 0.25) is 0 Å². The van der Waals surface area contributed by atoms with E-state index in [1.54, 1.807) is 30.5 Å². The molecule has 1 N–H and O–H groups in total. The molecule has 0 aromatic heterocycles. The highest BCUT2D eigenvalue weighted by Crippen LogP contribution is 2.15. The summed E-state index contributed by atoms with van der Waals surface area (Å²) in [6.07, 6.45) is 0.893. The van der Waals surface area contributed by atoms with Gasteiger partial charge in [-0.1, -0.05) is 0 Å². The minimum Gasteiger partial charge on any atom is -0.482 e. The lowest BCUT2D eigenvalue weighted by Gasteiger charge is -2.27. The number of carbonyl (C=O) groups is 2. The SMILES string of the molecule is O=C(O)COc1ccc(/C=N/N2CC(CN3CCOCC3)OC2=O)cc1. The minimum atomic E-state index is -1.03. The number of benzene rings is 1. The zero-order valence-electron chi connectivity index (χ0n) is 14.2. The second-order valence-corrected chi connectivity index (χ2v) is 6.00. The second-order valence-electron chi connectivity index (χ2n) is 6.00. The molecule has 2 aliphatic heterocycles. The van der Waals surface area contributed by atoms with Gasteiger partial charge in [0.15, 0.2) is 6.61 Å². The van der Waals surface area contributed by atoms with E-state index >= 15 is 0 Å². The number of carbonyl (C=O) groups excluding carboxylic acids is 1. The Bertz CT molecular complexity index is 657. The van der Waals surface area contributed by atoms with Crippen LogP contribution in [0.15, 0.2) is 29.4 Å². The molecule has 9 nitrogen and oxygen atoms in total. The fourth-order valence-corrected chi connectivity index (χ4v) is 2.70. The molecule has 2 heterocycles. The Morgan fingerprint density at radius 1 is 1.31 bits per heavy atom. The zero-order valence-corrected chi connectivity index (χ0v) is 14.2. The Morgan fingerprint density at radius 3 is 2.73 bits per heavy atom. The van der Waals surface area contributed by atoms with E-state index in [2.05, 4.69) is 10.0 Å². The number of nitrogens with zero attached hydrogens (tertiary/aromatic N) is 3. The lowest BCUT2D eigenvalue weighted by atomic mass is 10.2. The summed E-state index contributed by atoms with van der Waals surface area (Å²) in [5.74, 6) is -0.578. The number of morpholine rings is 1. The molecule has 2 saturated heterocycles. The van der Waals surface area contributed by atoms with Crippen molar-refractivity contribution in [3.8, 4) is 5.75 Å². The van der Waals surface area contributed by atoms with Crippen LogP contribution in [0, 0.1) is 0 Å². The summed E-state index contributed by atoms with van der Waals surface area (Å²) < 4.78 is 15.7. The Kier molecular flexibility index (Phi) is 6.03. The van der Waals surface area contributed by atoms with Crippen molar-refractivity contribution in [2.24, 2.45) is 5.10 Å². The van der Waals surface area contributed by atoms with Crippen LogP contribution < -0.4 is 4.74 Å². The number of aliphatic carboxylic acids is 1. The highest BCUT2D eigenvalue weighted by atomic mass is 16.6. The summed E-state index contributed by atoms with van der Waals surface area (Å²) >= 11 is 0. The van der Waals surface area contributed by atoms with E-state index < -0.39 is 18.7 Å². The fraction of sp³-hybridized carbons (Fsp3) is 0.471. The van der Waals surface area contributed by atoms with E-state index in [1.807, 2.05) is 0 Å². The highest BCUT2D eigenvalue weighted by molar-refractivity contribution is 5.81. The predicted octanol–water partition coefficient (Wildman–Crippen LogP) is 0.637. The van der Waals surface area contributed by atoms with Gasteiger partial charge in [-0.25, -0.2) is 9.59 Å². The van der Waals surface area contributed by atoms with Gasteiger partial charge in [-0.05, 0) is 29.8 Å². The maximum atomic E-state index is 11.9. The molecule has 3 rings (SSSR count). The molecule has 1 atom stereocenters. The van der Waals surface area contributed by atoms with Gasteiger partial charge in [0, 0.05) is 19.6 Å². The van der Waals surface area contributed by atoms with E-state index in [1.165, 1.54) is 5.01 Å². The Hall–Kier alpha value is -2.65. The molecule has 2 aliphatic rings. The van der Waals surface area contributed by atoms with Gasteiger partial charge in [0.05, 0.1) is 26.0 Å². The maximum absolute atomic E-state index is 11.9. The number of hydrogen-bond donors (Lipinski definition) is 1. The van der Waals surface area contributed by atoms with E-state index in [-0.39, 0.29) is 6.10 Å². The summed E-state index contributed by atoms with van der Waals surface area (Å²) in [4.78, 5) is 24.6. The normalized spacial score (nSPS) is 21.2. The number of cyclic esters (lactones) is 1. The van der Waals surface area contributed by atoms with Crippen molar-refractivity contribution in [2.75, 3.05) is 46.0 Å². The Labute approximate surface area is 150 Å². The summed E-state index contributed by atoms with van der Waals surface area (Å²) in [6, 6.07) is 6.75. The Morgan fingerprint density at radius 2 is 2.04 bits per heavy atom. The van der Waals surface area contributed by atoms with Crippen LogP contribution >= 0.6 is 0 Å². The van der Waals surface area contributed by atoms with Gasteiger partial charge in [0.2, 0.25) is 0 Å². The molecule has 1 aromatic carbocycles. The molecule has 26 heavy (non-hydrogen) atoms. The first-order valence-corrected chi connectivity index (χ1v) is 8.37. The van der Waals surface area contributed by atoms with Crippen molar-refractivity contribution < 1.29 is 28.9 Å². The second kappa shape index (κ2) is 8.63. The summed E-state index contributed by atoms with van der Waals surface area (Å²) in [6.45, 7) is 3.78. The van der Waals surface area contributed by atoms with E-state index in [4.69, 9.17) is 19.3 Å². The molecular formula is C17H21N3O6. The minimum absolute atomic E-state index is 0.204. The van der Waals surface area contributed by atoms with E-state index in [0.29, 0.717) is 32.1 Å². The largest absolute Gasteiger partial charge is 0.482 e. The smallest absolute Gasteiger partial charge is 0.430 e. The summed E-state index contributed by atoms with van der Waals surface area (Å²) in [7, 11) is 0. The highest BCUT2D eigenvalue weighted by Gasteiger charge is 2.32. The van der Waals surface area contributed by atoms with Crippen LogP contribution in [0.1, 0.15) is 5.56 Å². The average molecular weight is 363 g/mol. The van der Waals surface area contributed by atoms with Gasteiger partial charge in [-0.3, -0.25) is 4.90 Å². The van der Waals surface area contributed by atoms with Crippen molar-refractivity contribution in [3.05, 3.63) is 29.8 Å². The molecule has 2 fully saturated rings. The number of carboxylic acids is 1. The molecule has 140 valence electrons. The van der Waals surface area contributed by atoms with Gasteiger partial charge < -0.3 is 19.3 Å². The van der Waals surface area contributed by atoms with Crippen LogP contribution in [0.25, 0.3) is 0 Å². The number of hydrazone groups is 1. The number of rotatable bonds is 7. The third kappa shape index (κ3) is 5.17. The van der Waals surface area contributed by atoms with Crippen molar-refractivity contribution in [3.63, 3.8) is 0 Å². The number of carboxylic acid groups (broad SMARTS) is 1.